The zero-order valence-corrected chi connectivity index (χ0v) is 7.41. The third-order valence-electron chi connectivity index (χ3n) is 1.66. The molecule has 1 rings (SSSR count). The molecule has 1 aromatic rings. The summed E-state index contributed by atoms with van der Waals surface area (Å²) in [7, 11) is 3.20. The lowest BCUT2D eigenvalue weighted by Crippen LogP contribution is -2.15. The maximum absolute atomic E-state index is 13.2. The highest BCUT2D eigenvalue weighted by molar-refractivity contribution is 5.94. The number of hydrogen-bond donors (Lipinski definition) is 1. The van der Waals surface area contributed by atoms with E-state index in [1.54, 1.807) is 14.1 Å². The van der Waals surface area contributed by atoms with Gasteiger partial charge < -0.3 is 10.0 Å². The number of halogens is 1. The molecule has 0 saturated heterocycles. The van der Waals surface area contributed by atoms with Crippen molar-refractivity contribution in [2.45, 2.75) is 0 Å². The quantitative estimate of drug-likeness (QED) is 0.756. The van der Waals surface area contributed by atoms with Crippen molar-refractivity contribution in [3.05, 3.63) is 29.6 Å². The number of rotatable bonds is 2. The van der Waals surface area contributed by atoms with E-state index in [0.29, 0.717) is 0 Å². The van der Waals surface area contributed by atoms with Crippen LogP contribution in [0, 0.1) is 5.82 Å². The van der Waals surface area contributed by atoms with Crippen molar-refractivity contribution in [3.8, 4) is 0 Å². The predicted octanol–water partition coefficient (Wildman–Crippen LogP) is 1.59. The van der Waals surface area contributed by atoms with Gasteiger partial charge in [0, 0.05) is 14.1 Å². The van der Waals surface area contributed by atoms with E-state index in [1.807, 2.05) is 0 Å². The van der Waals surface area contributed by atoms with Gasteiger partial charge in [0.1, 0.15) is 5.82 Å². The van der Waals surface area contributed by atoms with E-state index in [-0.39, 0.29) is 11.3 Å². The van der Waals surface area contributed by atoms with Gasteiger partial charge in [-0.05, 0) is 12.1 Å². The average Bonchev–Trinajstić information content (AvgIpc) is 2.02. The van der Waals surface area contributed by atoms with Gasteiger partial charge in [-0.25, -0.2) is 9.18 Å². The first-order valence-electron chi connectivity index (χ1n) is 3.73. The van der Waals surface area contributed by atoms with Gasteiger partial charge in [0.15, 0.2) is 0 Å². The highest BCUT2D eigenvalue weighted by Crippen LogP contribution is 2.22. The molecule has 0 saturated carbocycles. The Labute approximate surface area is 75.4 Å². The largest absolute Gasteiger partial charge is 0.478 e. The van der Waals surface area contributed by atoms with Gasteiger partial charge in [-0.1, -0.05) is 6.07 Å². The number of aromatic carboxylic acids is 1. The number of nitrogens with zero attached hydrogens (tertiary/aromatic N) is 1. The molecule has 4 heteroatoms. The molecule has 0 atom stereocenters. The molecule has 0 aliphatic carbocycles. The zero-order chi connectivity index (χ0) is 10.0. The Morgan fingerprint density at radius 1 is 1.46 bits per heavy atom. The summed E-state index contributed by atoms with van der Waals surface area (Å²) in [6.07, 6.45) is 0. The van der Waals surface area contributed by atoms with E-state index >= 15 is 0 Å². The Bertz CT molecular complexity index is 336. The van der Waals surface area contributed by atoms with Crippen LogP contribution in [-0.4, -0.2) is 25.2 Å². The SMILES string of the molecule is CN(C)c1c(F)cccc1C(=O)O. The van der Waals surface area contributed by atoms with Crippen LogP contribution >= 0.6 is 0 Å². The van der Waals surface area contributed by atoms with Gasteiger partial charge in [0.25, 0.3) is 0 Å². The van der Waals surface area contributed by atoms with Gasteiger partial charge in [-0.15, -0.1) is 0 Å². The topological polar surface area (TPSA) is 40.5 Å². The summed E-state index contributed by atoms with van der Waals surface area (Å²) < 4.78 is 13.2. The third-order valence-corrected chi connectivity index (χ3v) is 1.66. The van der Waals surface area contributed by atoms with E-state index in [9.17, 15) is 9.18 Å². The fourth-order valence-electron chi connectivity index (χ4n) is 1.14. The van der Waals surface area contributed by atoms with Gasteiger partial charge in [0.2, 0.25) is 0 Å². The van der Waals surface area contributed by atoms with Crippen LogP contribution < -0.4 is 4.90 Å². The van der Waals surface area contributed by atoms with Crippen molar-refractivity contribution < 1.29 is 14.3 Å². The van der Waals surface area contributed by atoms with Gasteiger partial charge in [0.05, 0.1) is 11.3 Å². The Kier molecular flexibility index (Phi) is 2.51. The summed E-state index contributed by atoms with van der Waals surface area (Å²) in [5.41, 5.74) is 0.0833. The van der Waals surface area contributed by atoms with Crippen LogP contribution in [0.4, 0.5) is 10.1 Å². The van der Waals surface area contributed by atoms with Crippen LogP contribution in [0.25, 0.3) is 0 Å². The van der Waals surface area contributed by atoms with E-state index in [4.69, 9.17) is 5.11 Å². The molecule has 3 nitrogen and oxygen atoms in total. The van der Waals surface area contributed by atoms with Crippen molar-refractivity contribution >= 4 is 11.7 Å². The molecular weight excluding hydrogens is 173 g/mol. The number of para-hydroxylation sites is 1. The van der Waals surface area contributed by atoms with E-state index < -0.39 is 11.8 Å². The molecule has 70 valence electrons. The van der Waals surface area contributed by atoms with Crippen molar-refractivity contribution in [2.24, 2.45) is 0 Å². The molecule has 0 unspecified atom stereocenters. The fraction of sp³-hybridized carbons (Fsp3) is 0.222. The summed E-state index contributed by atoms with van der Waals surface area (Å²) in [6, 6.07) is 3.99. The van der Waals surface area contributed by atoms with Crippen molar-refractivity contribution in [1.82, 2.24) is 0 Å². The lowest BCUT2D eigenvalue weighted by molar-refractivity contribution is 0.0697. The molecule has 0 amide bonds. The molecule has 1 N–H and O–H groups in total. The Hall–Kier alpha value is -1.58. The monoisotopic (exact) mass is 183 g/mol. The number of carboxylic acid groups (broad SMARTS) is 1. The molecule has 0 aromatic heterocycles. The molecule has 13 heavy (non-hydrogen) atoms. The summed E-state index contributed by atoms with van der Waals surface area (Å²) in [4.78, 5) is 12.1. The van der Waals surface area contributed by atoms with Crippen molar-refractivity contribution in [2.75, 3.05) is 19.0 Å². The van der Waals surface area contributed by atoms with E-state index in [0.717, 1.165) is 0 Å². The molecule has 0 bridgehead atoms. The van der Waals surface area contributed by atoms with Gasteiger partial charge >= 0.3 is 5.97 Å². The maximum atomic E-state index is 13.2. The normalized spacial score (nSPS) is 9.77. The van der Waals surface area contributed by atoms with E-state index in [2.05, 4.69) is 0 Å². The summed E-state index contributed by atoms with van der Waals surface area (Å²) in [6.45, 7) is 0. The molecule has 1 aromatic carbocycles. The number of carbonyl (C=O) groups is 1. The van der Waals surface area contributed by atoms with Crippen LogP contribution in [0.3, 0.4) is 0 Å². The summed E-state index contributed by atoms with van der Waals surface area (Å²) in [5, 5.41) is 8.75. The zero-order valence-electron chi connectivity index (χ0n) is 7.41. The fourth-order valence-corrected chi connectivity index (χ4v) is 1.14. The van der Waals surface area contributed by atoms with Crippen molar-refractivity contribution in [1.29, 1.82) is 0 Å². The first kappa shape index (κ1) is 9.51. The molecule has 0 fully saturated rings. The minimum absolute atomic E-state index is 0.0231. The number of carboxylic acids is 1. The molecule has 0 aliphatic heterocycles. The minimum atomic E-state index is -1.12. The van der Waals surface area contributed by atoms with Gasteiger partial charge in [-0.2, -0.15) is 0 Å². The standard InChI is InChI=1S/C9H10FNO2/c1-11(2)8-6(9(12)13)4-3-5-7(8)10/h3-5H,1-2H3,(H,12,13). The predicted molar refractivity (Wildman–Crippen MR) is 47.7 cm³/mol. The average molecular weight is 183 g/mol. The highest BCUT2D eigenvalue weighted by atomic mass is 19.1. The Morgan fingerprint density at radius 2 is 2.08 bits per heavy atom. The smallest absolute Gasteiger partial charge is 0.337 e. The van der Waals surface area contributed by atoms with Crippen LogP contribution in [-0.2, 0) is 0 Å². The first-order valence-corrected chi connectivity index (χ1v) is 3.73. The molecule has 0 heterocycles. The van der Waals surface area contributed by atoms with Crippen LogP contribution in [0.1, 0.15) is 10.4 Å². The van der Waals surface area contributed by atoms with Crippen LogP contribution in [0.2, 0.25) is 0 Å². The number of hydrogen-bond acceptors (Lipinski definition) is 2. The third kappa shape index (κ3) is 1.77. The first-order chi connectivity index (χ1) is 6.04. The van der Waals surface area contributed by atoms with Gasteiger partial charge in [-0.3, -0.25) is 0 Å². The lowest BCUT2D eigenvalue weighted by Gasteiger charge is -2.15. The summed E-state index contributed by atoms with van der Waals surface area (Å²) in [5.74, 6) is -1.65. The molecular formula is C9H10FNO2. The molecule has 0 aliphatic rings. The number of benzene rings is 1. The summed E-state index contributed by atoms with van der Waals surface area (Å²) >= 11 is 0. The highest BCUT2D eigenvalue weighted by Gasteiger charge is 2.14. The Morgan fingerprint density at radius 3 is 2.46 bits per heavy atom. The molecule has 0 radical (unpaired) electrons. The van der Waals surface area contributed by atoms with E-state index in [1.165, 1.54) is 23.1 Å². The maximum Gasteiger partial charge on any atom is 0.337 e. The number of anilines is 1. The van der Waals surface area contributed by atoms with Crippen LogP contribution in [0.15, 0.2) is 18.2 Å². The lowest BCUT2D eigenvalue weighted by atomic mass is 10.1. The molecule has 0 spiro atoms. The Balaban J connectivity index is 3.34. The second kappa shape index (κ2) is 3.43. The minimum Gasteiger partial charge on any atom is -0.478 e. The van der Waals surface area contributed by atoms with Crippen molar-refractivity contribution in [3.63, 3.8) is 0 Å². The second-order valence-electron chi connectivity index (χ2n) is 2.84. The van der Waals surface area contributed by atoms with Crippen LogP contribution in [0.5, 0.6) is 0 Å². The second-order valence-corrected chi connectivity index (χ2v) is 2.84.